The molecule has 3 rings (SSSR count). The van der Waals surface area contributed by atoms with Crippen molar-refractivity contribution in [3.63, 3.8) is 0 Å². The van der Waals surface area contributed by atoms with Crippen LogP contribution in [0.4, 0.5) is 0 Å². The van der Waals surface area contributed by atoms with Crippen LogP contribution in [-0.2, 0) is 9.63 Å². The molecule has 1 aliphatic heterocycles. The summed E-state index contributed by atoms with van der Waals surface area (Å²) in [5.41, 5.74) is 1.97. The number of carbonyl (C=O) groups excluding carboxylic acids is 1. The first-order valence-corrected chi connectivity index (χ1v) is 7.79. The van der Waals surface area contributed by atoms with Crippen molar-refractivity contribution in [1.82, 2.24) is 4.90 Å². The van der Waals surface area contributed by atoms with Crippen LogP contribution in [0.25, 0.3) is 0 Å². The van der Waals surface area contributed by atoms with E-state index >= 15 is 0 Å². The van der Waals surface area contributed by atoms with E-state index in [4.69, 9.17) is 9.57 Å². The van der Waals surface area contributed by atoms with Crippen molar-refractivity contribution in [2.75, 3.05) is 20.7 Å². The molecule has 1 aliphatic carbocycles. The van der Waals surface area contributed by atoms with E-state index in [1.807, 2.05) is 31.3 Å². The van der Waals surface area contributed by atoms with Gasteiger partial charge in [-0.15, -0.1) is 0 Å². The fraction of sp³-hybridized carbons (Fsp3) is 0.529. The highest BCUT2D eigenvalue weighted by Crippen LogP contribution is 2.28. The number of methoxy groups -OCH3 is 1. The number of likely N-dealkylation sites (N-methyl/N-ethyl adjacent to an activating group) is 1. The summed E-state index contributed by atoms with van der Waals surface area (Å²) < 4.78 is 5.16. The molecule has 1 fully saturated rings. The Bertz CT molecular complexity index is 564. The molecule has 1 amide bonds. The number of oxime groups is 1. The van der Waals surface area contributed by atoms with Gasteiger partial charge in [0.15, 0.2) is 6.10 Å². The maximum Gasteiger partial charge on any atom is 0.225 e. The highest BCUT2D eigenvalue weighted by atomic mass is 16.6. The number of amides is 1. The molecule has 0 spiro atoms. The topological polar surface area (TPSA) is 51.1 Å². The van der Waals surface area contributed by atoms with Crippen LogP contribution >= 0.6 is 0 Å². The smallest absolute Gasteiger partial charge is 0.225 e. The number of ether oxygens (including phenoxy) is 1. The van der Waals surface area contributed by atoms with Gasteiger partial charge in [0.2, 0.25) is 5.91 Å². The predicted molar refractivity (Wildman–Crippen MR) is 84.0 cm³/mol. The lowest BCUT2D eigenvalue weighted by Crippen LogP contribution is -2.40. The molecule has 0 aromatic heterocycles. The van der Waals surface area contributed by atoms with Crippen LogP contribution in [0.3, 0.4) is 0 Å². The highest BCUT2D eigenvalue weighted by Gasteiger charge is 2.31. The van der Waals surface area contributed by atoms with Crippen molar-refractivity contribution >= 4 is 11.6 Å². The highest BCUT2D eigenvalue weighted by molar-refractivity contribution is 6.01. The van der Waals surface area contributed by atoms with E-state index in [1.54, 1.807) is 12.0 Å². The molecule has 22 heavy (non-hydrogen) atoms. The Kier molecular flexibility index (Phi) is 4.32. The van der Waals surface area contributed by atoms with Gasteiger partial charge >= 0.3 is 0 Å². The van der Waals surface area contributed by atoms with Crippen LogP contribution in [0.5, 0.6) is 5.75 Å². The fourth-order valence-corrected chi connectivity index (χ4v) is 2.84. The zero-order valence-electron chi connectivity index (χ0n) is 13.1. The first kappa shape index (κ1) is 14.9. The van der Waals surface area contributed by atoms with Crippen molar-refractivity contribution in [1.29, 1.82) is 0 Å². The molecule has 1 unspecified atom stereocenters. The third kappa shape index (κ3) is 3.08. The number of rotatable bonds is 5. The van der Waals surface area contributed by atoms with Gasteiger partial charge in [0.25, 0.3) is 0 Å². The summed E-state index contributed by atoms with van der Waals surface area (Å²) in [5, 5.41) is 4.17. The Morgan fingerprint density at radius 1 is 1.36 bits per heavy atom. The van der Waals surface area contributed by atoms with Gasteiger partial charge in [-0.3, -0.25) is 4.79 Å². The number of hydrogen-bond acceptors (Lipinski definition) is 4. The van der Waals surface area contributed by atoms with Crippen molar-refractivity contribution in [2.24, 2.45) is 11.1 Å². The van der Waals surface area contributed by atoms with Crippen molar-refractivity contribution in [2.45, 2.75) is 31.8 Å². The molecule has 1 aromatic rings. The van der Waals surface area contributed by atoms with Crippen LogP contribution in [0.1, 0.15) is 31.2 Å². The normalized spacial score (nSPS) is 20.8. The summed E-state index contributed by atoms with van der Waals surface area (Å²) in [6, 6.07) is 7.79. The van der Waals surface area contributed by atoms with Crippen molar-refractivity contribution in [3.8, 4) is 5.75 Å². The number of benzene rings is 1. The molecule has 118 valence electrons. The molecular weight excluding hydrogens is 280 g/mol. The molecule has 1 atom stereocenters. The molecule has 0 radical (unpaired) electrons. The van der Waals surface area contributed by atoms with E-state index in [2.05, 4.69) is 5.16 Å². The lowest BCUT2D eigenvalue weighted by molar-refractivity contribution is -0.138. The Labute approximate surface area is 130 Å². The quantitative estimate of drug-likeness (QED) is 0.839. The van der Waals surface area contributed by atoms with Gasteiger partial charge in [-0.05, 0) is 42.7 Å². The lowest BCUT2D eigenvalue weighted by atomic mass is 9.84. The van der Waals surface area contributed by atoms with E-state index in [0.29, 0.717) is 6.54 Å². The van der Waals surface area contributed by atoms with E-state index in [9.17, 15) is 4.79 Å². The molecule has 0 bridgehead atoms. The summed E-state index contributed by atoms with van der Waals surface area (Å²) in [5.74, 6) is 1.30. The molecule has 1 heterocycles. The second-order valence-electron chi connectivity index (χ2n) is 6.04. The lowest BCUT2D eigenvalue weighted by Gasteiger charge is -2.30. The fourth-order valence-electron chi connectivity index (χ4n) is 2.84. The van der Waals surface area contributed by atoms with Gasteiger partial charge in [-0.25, -0.2) is 0 Å². The van der Waals surface area contributed by atoms with Crippen LogP contribution in [0.2, 0.25) is 0 Å². The molecule has 0 N–H and O–H groups in total. The Morgan fingerprint density at radius 3 is 2.68 bits per heavy atom. The number of hydrogen-bond donors (Lipinski definition) is 0. The average Bonchev–Trinajstić information content (AvgIpc) is 2.94. The van der Waals surface area contributed by atoms with Crippen LogP contribution in [0.15, 0.2) is 29.4 Å². The molecular formula is C17H22N2O3. The zero-order valence-corrected chi connectivity index (χ0v) is 13.1. The predicted octanol–water partition coefficient (Wildman–Crippen LogP) is 2.45. The van der Waals surface area contributed by atoms with Gasteiger partial charge < -0.3 is 14.5 Å². The SMILES string of the molecule is COc1ccc(C2=NOC(CN(C)C(=O)C3CCC3)C2)cc1. The standard InChI is InChI=1S/C17H22N2O3/c1-19(17(20)13-4-3-5-13)11-15-10-16(18-22-15)12-6-8-14(21-2)9-7-12/h6-9,13,15H,3-5,10-11H2,1-2H3. The van der Waals surface area contributed by atoms with Gasteiger partial charge in [-0.1, -0.05) is 11.6 Å². The van der Waals surface area contributed by atoms with Crippen LogP contribution in [0, 0.1) is 5.92 Å². The molecule has 0 saturated heterocycles. The molecule has 1 aromatic carbocycles. The molecule has 2 aliphatic rings. The van der Waals surface area contributed by atoms with E-state index < -0.39 is 0 Å². The summed E-state index contributed by atoms with van der Waals surface area (Å²) >= 11 is 0. The second-order valence-corrected chi connectivity index (χ2v) is 6.04. The van der Waals surface area contributed by atoms with E-state index in [0.717, 1.165) is 36.3 Å². The summed E-state index contributed by atoms with van der Waals surface area (Å²) in [6.45, 7) is 0.596. The third-order valence-electron chi connectivity index (χ3n) is 4.46. The van der Waals surface area contributed by atoms with Gasteiger partial charge in [-0.2, -0.15) is 0 Å². The van der Waals surface area contributed by atoms with Crippen LogP contribution in [-0.4, -0.2) is 43.3 Å². The monoisotopic (exact) mass is 302 g/mol. The zero-order chi connectivity index (χ0) is 15.5. The third-order valence-corrected chi connectivity index (χ3v) is 4.46. The summed E-state index contributed by atoms with van der Waals surface area (Å²) in [7, 11) is 3.51. The number of carbonyl (C=O) groups is 1. The molecule has 5 heteroatoms. The van der Waals surface area contributed by atoms with Crippen LogP contribution < -0.4 is 4.74 Å². The van der Waals surface area contributed by atoms with Gasteiger partial charge in [0.1, 0.15) is 5.75 Å². The summed E-state index contributed by atoms with van der Waals surface area (Å²) in [4.78, 5) is 19.4. The largest absolute Gasteiger partial charge is 0.497 e. The Hall–Kier alpha value is -2.04. The molecule has 5 nitrogen and oxygen atoms in total. The van der Waals surface area contributed by atoms with Crippen molar-refractivity contribution in [3.05, 3.63) is 29.8 Å². The van der Waals surface area contributed by atoms with Gasteiger partial charge in [0, 0.05) is 19.4 Å². The average molecular weight is 302 g/mol. The maximum absolute atomic E-state index is 12.2. The van der Waals surface area contributed by atoms with E-state index in [-0.39, 0.29) is 17.9 Å². The first-order valence-electron chi connectivity index (χ1n) is 7.79. The van der Waals surface area contributed by atoms with E-state index in [1.165, 1.54) is 6.42 Å². The maximum atomic E-state index is 12.2. The number of nitrogens with zero attached hydrogens (tertiary/aromatic N) is 2. The Balaban J connectivity index is 1.53. The minimum atomic E-state index is -0.0499. The minimum Gasteiger partial charge on any atom is -0.497 e. The minimum absolute atomic E-state index is 0.0499. The first-order chi connectivity index (χ1) is 10.7. The molecule has 1 saturated carbocycles. The Morgan fingerprint density at radius 2 is 2.09 bits per heavy atom. The second kappa shape index (κ2) is 6.38. The van der Waals surface area contributed by atoms with Gasteiger partial charge in [0.05, 0.1) is 19.4 Å². The summed E-state index contributed by atoms with van der Waals surface area (Å²) in [6.07, 6.45) is 3.92. The van der Waals surface area contributed by atoms with Crippen molar-refractivity contribution < 1.29 is 14.4 Å².